The summed E-state index contributed by atoms with van der Waals surface area (Å²) < 4.78 is 4.66. The van der Waals surface area contributed by atoms with Gasteiger partial charge >= 0.3 is 5.97 Å². The van der Waals surface area contributed by atoms with Crippen molar-refractivity contribution in [1.82, 2.24) is 5.32 Å². The molecule has 13 heavy (non-hydrogen) atoms. The second-order valence-corrected chi connectivity index (χ2v) is 4.03. The predicted octanol–water partition coefficient (Wildman–Crippen LogP) is 1.14. The molecule has 0 amide bonds. The fraction of sp³-hybridized carbons (Fsp3) is 0.889. The Morgan fingerprint density at radius 2 is 2.15 bits per heavy atom. The molecule has 1 N–H and O–H groups in total. The highest BCUT2D eigenvalue weighted by molar-refractivity contribution is 7.98. The summed E-state index contributed by atoms with van der Waals surface area (Å²) in [4.78, 5) is 11.1. The topological polar surface area (TPSA) is 38.3 Å². The van der Waals surface area contributed by atoms with E-state index in [9.17, 15) is 4.79 Å². The lowest BCUT2D eigenvalue weighted by Gasteiger charge is -2.18. The zero-order valence-corrected chi connectivity index (χ0v) is 9.61. The molecule has 0 saturated heterocycles. The third-order valence-corrected chi connectivity index (χ3v) is 2.71. The highest BCUT2D eigenvalue weighted by Crippen LogP contribution is 2.04. The van der Waals surface area contributed by atoms with E-state index in [1.165, 1.54) is 7.11 Å². The number of thioether (sulfide) groups is 1. The molecule has 0 aromatic rings. The molecule has 0 radical (unpaired) electrons. The van der Waals surface area contributed by atoms with Crippen molar-refractivity contribution in [2.45, 2.75) is 19.9 Å². The minimum atomic E-state index is -0.149. The van der Waals surface area contributed by atoms with Crippen LogP contribution >= 0.6 is 11.8 Å². The van der Waals surface area contributed by atoms with Gasteiger partial charge in [0.05, 0.1) is 13.0 Å². The lowest BCUT2D eigenvalue weighted by Crippen LogP contribution is -2.37. The average Bonchev–Trinajstić information content (AvgIpc) is 2.15. The molecule has 4 heteroatoms. The molecule has 0 heterocycles. The van der Waals surface area contributed by atoms with Crippen molar-refractivity contribution < 1.29 is 9.53 Å². The Labute approximate surface area is 84.6 Å². The van der Waals surface area contributed by atoms with E-state index in [4.69, 9.17) is 0 Å². The maximum absolute atomic E-state index is 11.1. The number of rotatable bonds is 6. The van der Waals surface area contributed by atoms with Crippen molar-refractivity contribution in [3.8, 4) is 0 Å². The normalized spacial score (nSPS) is 15.1. The fourth-order valence-electron chi connectivity index (χ4n) is 0.955. The van der Waals surface area contributed by atoms with E-state index in [0.29, 0.717) is 0 Å². The Balaban J connectivity index is 3.68. The van der Waals surface area contributed by atoms with Gasteiger partial charge in [-0.15, -0.1) is 0 Å². The molecule has 3 nitrogen and oxygen atoms in total. The minimum Gasteiger partial charge on any atom is -0.469 e. The third kappa shape index (κ3) is 5.16. The highest BCUT2D eigenvalue weighted by Gasteiger charge is 2.19. The Kier molecular flexibility index (Phi) is 7.09. The zero-order chi connectivity index (χ0) is 10.3. The largest absolute Gasteiger partial charge is 0.469 e. The molecule has 2 unspecified atom stereocenters. The first-order valence-corrected chi connectivity index (χ1v) is 5.83. The van der Waals surface area contributed by atoms with Crippen LogP contribution in [0.1, 0.15) is 13.8 Å². The second-order valence-electron chi connectivity index (χ2n) is 3.05. The molecule has 0 aromatic carbocycles. The lowest BCUT2D eigenvalue weighted by molar-refractivity contribution is -0.145. The second kappa shape index (κ2) is 7.21. The quantitative estimate of drug-likeness (QED) is 0.521. The number of esters is 1. The van der Waals surface area contributed by atoms with Crippen LogP contribution in [0.2, 0.25) is 0 Å². The van der Waals surface area contributed by atoms with Gasteiger partial charge in [0.1, 0.15) is 0 Å². The van der Waals surface area contributed by atoms with E-state index in [2.05, 4.69) is 16.3 Å². The summed E-state index contributed by atoms with van der Waals surface area (Å²) >= 11 is 1.79. The van der Waals surface area contributed by atoms with Crippen molar-refractivity contribution in [1.29, 1.82) is 0 Å². The van der Waals surface area contributed by atoms with Crippen LogP contribution in [0.4, 0.5) is 0 Å². The summed E-state index contributed by atoms with van der Waals surface area (Å²) in [5.41, 5.74) is 0. The van der Waals surface area contributed by atoms with Crippen LogP contribution in [-0.2, 0) is 9.53 Å². The number of ether oxygens (including phenoxy) is 1. The maximum Gasteiger partial charge on any atom is 0.309 e. The van der Waals surface area contributed by atoms with Crippen molar-refractivity contribution in [2.24, 2.45) is 5.92 Å². The molecule has 0 spiro atoms. The number of methoxy groups -OCH3 is 1. The molecule has 0 aromatic heterocycles. The van der Waals surface area contributed by atoms with Crippen LogP contribution in [0.5, 0.6) is 0 Å². The third-order valence-electron chi connectivity index (χ3n) is 2.10. The van der Waals surface area contributed by atoms with Gasteiger partial charge < -0.3 is 10.1 Å². The fourth-order valence-corrected chi connectivity index (χ4v) is 1.28. The van der Waals surface area contributed by atoms with Gasteiger partial charge in [-0.3, -0.25) is 4.79 Å². The lowest BCUT2D eigenvalue weighted by atomic mass is 10.0. The summed E-state index contributed by atoms with van der Waals surface area (Å²) in [5, 5.41) is 3.28. The standard InChI is InChI=1S/C9H19NO2S/c1-7(9(11)12-3)8(2)10-5-6-13-4/h7-8,10H,5-6H2,1-4H3. The molecule has 0 aliphatic heterocycles. The molecule has 0 saturated carbocycles. The van der Waals surface area contributed by atoms with Crippen molar-refractivity contribution in [3.63, 3.8) is 0 Å². The van der Waals surface area contributed by atoms with Gasteiger partial charge in [-0.25, -0.2) is 0 Å². The van der Waals surface area contributed by atoms with Gasteiger partial charge in [0.2, 0.25) is 0 Å². The molecule has 2 atom stereocenters. The molecule has 0 aliphatic rings. The van der Waals surface area contributed by atoms with Crippen LogP contribution in [0.15, 0.2) is 0 Å². The number of hydrogen-bond acceptors (Lipinski definition) is 4. The van der Waals surface area contributed by atoms with Crippen molar-refractivity contribution in [3.05, 3.63) is 0 Å². The Morgan fingerprint density at radius 3 is 2.62 bits per heavy atom. The van der Waals surface area contributed by atoms with Crippen LogP contribution in [0, 0.1) is 5.92 Å². The van der Waals surface area contributed by atoms with E-state index in [1.807, 2.05) is 13.8 Å². The van der Waals surface area contributed by atoms with E-state index < -0.39 is 0 Å². The van der Waals surface area contributed by atoms with Crippen LogP contribution < -0.4 is 5.32 Å². The van der Waals surface area contributed by atoms with Gasteiger partial charge in [0.25, 0.3) is 0 Å². The van der Waals surface area contributed by atoms with Gasteiger partial charge in [-0.2, -0.15) is 11.8 Å². The maximum atomic E-state index is 11.1. The first-order valence-electron chi connectivity index (χ1n) is 4.43. The van der Waals surface area contributed by atoms with E-state index in [-0.39, 0.29) is 17.9 Å². The molecule has 0 bridgehead atoms. The predicted molar refractivity (Wildman–Crippen MR) is 57.0 cm³/mol. The first-order chi connectivity index (χ1) is 6.13. The Hall–Kier alpha value is -0.220. The molecular weight excluding hydrogens is 186 g/mol. The van der Waals surface area contributed by atoms with E-state index in [1.54, 1.807) is 11.8 Å². The summed E-state index contributed by atoms with van der Waals surface area (Å²) in [6, 6.07) is 0.180. The summed E-state index contributed by atoms with van der Waals surface area (Å²) in [6.45, 7) is 4.81. The number of hydrogen-bond donors (Lipinski definition) is 1. The summed E-state index contributed by atoms with van der Waals surface area (Å²) in [7, 11) is 1.42. The molecular formula is C9H19NO2S. The number of carbonyl (C=O) groups is 1. The van der Waals surface area contributed by atoms with Gasteiger partial charge in [-0.05, 0) is 13.2 Å². The van der Waals surface area contributed by atoms with Crippen LogP contribution in [0.3, 0.4) is 0 Å². The van der Waals surface area contributed by atoms with Gasteiger partial charge in [0, 0.05) is 18.3 Å². The smallest absolute Gasteiger partial charge is 0.309 e. The van der Waals surface area contributed by atoms with Crippen LogP contribution in [-0.4, -0.2) is 37.7 Å². The molecule has 0 rings (SSSR count). The monoisotopic (exact) mass is 205 g/mol. The van der Waals surface area contributed by atoms with E-state index >= 15 is 0 Å². The molecule has 78 valence electrons. The molecule has 0 fully saturated rings. The van der Waals surface area contributed by atoms with Crippen LogP contribution in [0.25, 0.3) is 0 Å². The summed E-state index contributed by atoms with van der Waals surface area (Å²) in [5.74, 6) is 0.842. The van der Waals surface area contributed by atoms with Gasteiger partial charge in [-0.1, -0.05) is 6.92 Å². The van der Waals surface area contributed by atoms with Gasteiger partial charge in [0.15, 0.2) is 0 Å². The van der Waals surface area contributed by atoms with E-state index in [0.717, 1.165) is 12.3 Å². The Morgan fingerprint density at radius 1 is 1.54 bits per heavy atom. The first kappa shape index (κ1) is 12.8. The Bertz CT molecular complexity index is 153. The number of nitrogens with one attached hydrogen (secondary N) is 1. The summed E-state index contributed by atoms with van der Waals surface area (Å²) in [6.07, 6.45) is 2.07. The SMILES string of the molecule is COC(=O)C(C)C(C)NCCSC. The van der Waals surface area contributed by atoms with Crippen molar-refractivity contribution >= 4 is 17.7 Å². The van der Waals surface area contributed by atoms with Crippen molar-refractivity contribution in [2.75, 3.05) is 25.7 Å². The minimum absolute atomic E-state index is 0.0770. The number of carbonyl (C=O) groups excluding carboxylic acids is 1. The molecule has 0 aliphatic carbocycles. The zero-order valence-electron chi connectivity index (χ0n) is 8.79. The highest BCUT2D eigenvalue weighted by atomic mass is 32.2. The average molecular weight is 205 g/mol.